The Bertz CT molecular complexity index is 929. The molecular formula is C21H23N3O2. The number of hydrogen-bond donors (Lipinski definition) is 0. The normalized spacial score (nSPS) is 19.7. The number of aromatic nitrogens is 2. The zero-order valence-electron chi connectivity index (χ0n) is 15.0. The summed E-state index contributed by atoms with van der Waals surface area (Å²) in [7, 11) is 2.19. The van der Waals surface area contributed by atoms with Crippen LogP contribution in [-0.2, 0) is 34.8 Å². The first kappa shape index (κ1) is 16.0. The third-order valence-electron chi connectivity index (χ3n) is 5.59. The molecule has 134 valence electrons. The number of benzene rings is 1. The van der Waals surface area contributed by atoms with Gasteiger partial charge in [0.2, 0.25) is 5.79 Å². The molecule has 0 amide bonds. The van der Waals surface area contributed by atoms with Crippen LogP contribution in [0, 0.1) is 0 Å². The fraction of sp³-hybridized carbons (Fsp3) is 0.381. The van der Waals surface area contributed by atoms with Gasteiger partial charge < -0.3 is 18.9 Å². The van der Waals surface area contributed by atoms with E-state index in [1.165, 1.54) is 22.2 Å². The van der Waals surface area contributed by atoms with Crippen LogP contribution in [0.4, 0.5) is 0 Å². The van der Waals surface area contributed by atoms with Crippen molar-refractivity contribution < 1.29 is 9.47 Å². The maximum atomic E-state index is 6.18. The fourth-order valence-electron chi connectivity index (χ4n) is 4.33. The highest BCUT2D eigenvalue weighted by Crippen LogP contribution is 2.37. The Balaban J connectivity index is 1.65. The third-order valence-corrected chi connectivity index (χ3v) is 5.59. The van der Waals surface area contributed by atoms with E-state index in [0.29, 0.717) is 19.8 Å². The molecule has 0 spiro atoms. The molecule has 0 bridgehead atoms. The summed E-state index contributed by atoms with van der Waals surface area (Å²) in [5.74, 6) is -0.734. The number of nitrogens with zero attached hydrogens (tertiary/aromatic N) is 3. The molecule has 1 saturated heterocycles. The molecule has 0 atom stereocenters. The molecule has 0 aliphatic carbocycles. The summed E-state index contributed by atoms with van der Waals surface area (Å²) in [6.07, 6.45) is 4.66. The van der Waals surface area contributed by atoms with Crippen molar-refractivity contribution in [3.63, 3.8) is 0 Å². The molecule has 1 aromatic carbocycles. The average molecular weight is 349 g/mol. The Hall–Kier alpha value is -2.21. The Kier molecular flexibility index (Phi) is 3.81. The van der Waals surface area contributed by atoms with E-state index in [4.69, 9.17) is 9.47 Å². The molecule has 0 radical (unpaired) electrons. The number of hydrogen-bond acceptors (Lipinski definition) is 4. The first-order valence-electron chi connectivity index (χ1n) is 9.23. The molecule has 4 heterocycles. The van der Waals surface area contributed by atoms with Crippen LogP contribution in [-0.4, -0.2) is 41.3 Å². The lowest BCUT2D eigenvalue weighted by Gasteiger charge is -2.31. The first-order chi connectivity index (χ1) is 12.8. The van der Waals surface area contributed by atoms with Gasteiger partial charge in [0.1, 0.15) is 0 Å². The van der Waals surface area contributed by atoms with Crippen LogP contribution in [0.25, 0.3) is 10.9 Å². The van der Waals surface area contributed by atoms with E-state index in [-0.39, 0.29) is 0 Å². The van der Waals surface area contributed by atoms with E-state index >= 15 is 0 Å². The molecule has 2 aliphatic heterocycles. The minimum atomic E-state index is -0.734. The van der Waals surface area contributed by atoms with E-state index in [0.717, 1.165) is 25.1 Å². The van der Waals surface area contributed by atoms with Crippen LogP contribution < -0.4 is 0 Å². The van der Waals surface area contributed by atoms with Gasteiger partial charge in [-0.25, -0.2) is 0 Å². The highest BCUT2D eigenvalue weighted by Gasteiger charge is 2.40. The predicted octanol–water partition coefficient (Wildman–Crippen LogP) is 2.92. The number of ether oxygens (including phenoxy) is 2. The number of likely N-dealkylation sites (N-methyl/N-ethyl adjacent to an activating group) is 1. The zero-order valence-corrected chi connectivity index (χ0v) is 15.0. The van der Waals surface area contributed by atoms with Crippen LogP contribution in [0.1, 0.15) is 16.8 Å². The Morgan fingerprint density at radius 1 is 1.08 bits per heavy atom. The van der Waals surface area contributed by atoms with Gasteiger partial charge in [0.05, 0.1) is 19.8 Å². The summed E-state index contributed by atoms with van der Waals surface area (Å²) in [5.41, 5.74) is 5.15. The molecular weight excluding hydrogens is 326 g/mol. The summed E-state index contributed by atoms with van der Waals surface area (Å²) >= 11 is 0. The second kappa shape index (κ2) is 6.20. The summed E-state index contributed by atoms with van der Waals surface area (Å²) in [6, 6.07) is 12.7. The minimum Gasteiger partial charge on any atom is -0.342 e. The van der Waals surface area contributed by atoms with Crippen molar-refractivity contribution in [2.75, 3.05) is 26.8 Å². The van der Waals surface area contributed by atoms with Crippen molar-refractivity contribution in [2.24, 2.45) is 0 Å². The van der Waals surface area contributed by atoms with Gasteiger partial charge in [0, 0.05) is 54.1 Å². The first-order valence-corrected chi connectivity index (χ1v) is 9.23. The summed E-state index contributed by atoms with van der Waals surface area (Å²) in [5, 5.41) is 1.34. The summed E-state index contributed by atoms with van der Waals surface area (Å²) in [6.45, 7) is 3.97. The van der Waals surface area contributed by atoms with Crippen LogP contribution in [0.2, 0.25) is 0 Å². The lowest BCUT2D eigenvalue weighted by Crippen LogP contribution is -2.34. The van der Waals surface area contributed by atoms with Crippen molar-refractivity contribution in [2.45, 2.75) is 25.3 Å². The number of pyridine rings is 1. The molecule has 5 heteroatoms. The predicted molar refractivity (Wildman–Crippen MR) is 99.8 cm³/mol. The maximum absolute atomic E-state index is 6.18. The molecule has 3 aromatic rings. The molecule has 2 aromatic heterocycles. The quantitative estimate of drug-likeness (QED) is 0.729. The lowest BCUT2D eigenvalue weighted by atomic mass is 10.0. The lowest BCUT2D eigenvalue weighted by molar-refractivity contribution is -0.175. The second-order valence-electron chi connectivity index (χ2n) is 7.20. The highest BCUT2D eigenvalue weighted by atomic mass is 16.7. The molecule has 5 nitrogen and oxygen atoms in total. The molecule has 5 rings (SSSR count). The topological polar surface area (TPSA) is 39.5 Å². The van der Waals surface area contributed by atoms with Gasteiger partial charge in [0.15, 0.2) is 0 Å². The van der Waals surface area contributed by atoms with Crippen LogP contribution >= 0.6 is 0 Å². The van der Waals surface area contributed by atoms with Gasteiger partial charge in [-0.15, -0.1) is 0 Å². The molecule has 0 saturated carbocycles. The smallest absolute Gasteiger partial charge is 0.213 e. The van der Waals surface area contributed by atoms with Gasteiger partial charge in [-0.05, 0) is 30.8 Å². The monoisotopic (exact) mass is 349 g/mol. The Morgan fingerprint density at radius 3 is 2.65 bits per heavy atom. The van der Waals surface area contributed by atoms with Crippen LogP contribution in [0.3, 0.4) is 0 Å². The van der Waals surface area contributed by atoms with Crippen LogP contribution in [0.5, 0.6) is 0 Å². The Morgan fingerprint density at radius 2 is 1.85 bits per heavy atom. The summed E-state index contributed by atoms with van der Waals surface area (Å²) < 4.78 is 14.8. The average Bonchev–Trinajstić information content (AvgIpc) is 3.28. The van der Waals surface area contributed by atoms with E-state index in [2.05, 4.69) is 45.8 Å². The van der Waals surface area contributed by atoms with E-state index in [9.17, 15) is 0 Å². The standard InChI is InChI=1S/C21H23N3O2/c1-23-11-8-20-18(14-23)17-4-2-3-5-19(17)24(20)15-21(25-12-13-26-21)16-6-9-22-10-7-16/h2-7,9-10H,8,11-15H2,1H3. The van der Waals surface area contributed by atoms with Gasteiger partial charge in [-0.1, -0.05) is 18.2 Å². The molecule has 0 N–H and O–H groups in total. The largest absolute Gasteiger partial charge is 0.342 e. The fourth-order valence-corrected chi connectivity index (χ4v) is 4.33. The van der Waals surface area contributed by atoms with Crippen molar-refractivity contribution in [3.05, 3.63) is 65.6 Å². The van der Waals surface area contributed by atoms with Crippen molar-refractivity contribution in [1.82, 2.24) is 14.5 Å². The van der Waals surface area contributed by atoms with Gasteiger partial charge in [-0.2, -0.15) is 0 Å². The zero-order chi connectivity index (χ0) is 17.6. The van der Waals surface area contributed by atoms with Crippen molar-refractivity contribution in [3.8, 4) is 0 Å². The maximum Gasteiger partial charge on any atom is 0.213 e. The molecule has 0 unspecified atom stereocenters. The number of fused-ring (bicyclic) bond motifs is 3. The second-order valence-corrected chi connectivity index (χ2v) is 7.20. The van der Waals surface area contributed by atoms with E-state index in [1.807, 2.05) is 12.1 Å². The highest BCUT2D eigenvalue weighted by molar-refractivity contribution is 5.85. The minimum absolute atomic E-state index is 0.618. The van der Waals surface area contributed by atoms with Crippen molar-refractivity contribution >= 4 is 10.9 Å². The SMILES string of the molecule is CN1CCc2c(c3ccccc3n2CC2(c3ccncc3)OCCO2)C1. The van der Waals surface area contributed by atoms with E-state index < -0.39 is 5.79 Å². The van der Waals surface area contributed by atoms with Gasteiger partial charge in [0.25, 0.3) is 0 Å². The van der Waals surface area contributed by atoms with Gasteiger partial charge >= 0.3 is 0 Å². The van der Waals surface area contributed by atoms with E-state index in [1.54, 1.807) is 12.4 Å². The summed E-state index contributed by atoms with van der Waals surface area (Å²) in [4.78, 5) is 6.54. The van der Waals surface area contributed by atoms with Crippen molar-refractivity contribution in [1.29, 1.82) is 0 Å². The third kappa shape index (κ3) is 2.47. The van der Waals surface area contributed by atoms with Gasteiger partial charge in [-0.3, -0.25) is 4.98 Å². The number of para-hydroxylation sites is 1. The molecule has 26 heavy (non-hydrogen) atoms. The Labute approximate surface area is 153 Å². The van der Waals surface area contributed by atoms with Crippen LogP contribution in [0.15, 0.2) is 48.8 Å². The molecule has 1 fully saturated rings. The molecule has 2 aliphatic rings. The number of rotatable bonds is 3.